The Labute approximate surface area is 324 Å². The van der Waals surface area contributed by atoms with E-state index in [0.717, 1.165) is 69.8 Å². The van der Waals surface area contributed by atoms with Gasteiger partial charge in [0.2, 0.25) is 11.5 Å². The maximum Gasteiger partial charge on any atom is 0.204 e. The molecule has 6 N–H and O–H groups in total. The summed E-state index contributed by atoms with van der Waals surface area (Å²) in [6.45, 7) is 3.46. The zero-order valence-corrected chi connectivity index (χ0v) is 31.1. The first-order valence-electron chi connectivity index (χ1n) is 18.9. The molecule has 0 heterocycles. The van der Waals surface area contributed by atoms with E-state index in [1.54, 1.807) is 13.8 Å². The predicted octanol–water partition coefficient (Wildman–Crippen LogP) is 12.6. The maximum atomic E-state index is 12.4. The first kappa shape index (κ1) is 34.8. The van der Waals surface area contributed by atoms with Crippen LogP contribution < -0.4 is 0 Å². The van der Waals surface area contributed by atoms with Crippen molar-refractivity contribution in [3.63, 3.8) is 0 Å². The van der Waals surface area contributed by atoms with Gasteiger partial charge in [0.1, 0.15) is 11.5 Å². The quantitative estimate of drug-likeness (QED) is 0.0594. The van der Waals surface area contributed by atoms with Gasteiger partial charge in [-0.05, 0) is 106 Å². The van der Waals surface area contributed by atoms with Gasteiger partial charge < -0.3 is 30.6 Å². The number of benzene rings is 8. The molecule has 6 heteroatoms. The summed E-state index contributed by atoms with van der Waals surface area (Å²) in [5.74, 6) is -3.35. The van der Waals surface area contributed by atoms with Gasteiger partial charge in [-0.2, -0.15) is 0 Å². The average molecular weight is 737 g/mol. The highest BCUT2D eigenvalue weighted by molar-refractivity contribution is 6.29. The number of allylic oxidation sites excluding steroid dienone is 2. The zero-order valence-electron chi connectivity index (χ0n) is 31.1. The lowest BCUT2D eigenvalue weighted by Gasteiger charge is -2.26. The van der Waals surface area contributed by atoms with Gasteiger partial charge >= 0.3 is 0 Å². The molecule has 1 aliphatic carbocycles. The lowest BCUT2D eigenvalue weighted by Crippen LogP contribution is -2.01. The SMILES string of the molecule is Cc1c(C)c(O)c2c(-c3c(C4=CCCCC4)cccc3-c3ccccc3)c3c(O)c(O)c(O)c(O)c3c(-c3ccc(-c4cccc5ccccc45)cc3)c2c1O. The molecule has 0 radical (unpaired) electrons. The van der Waals surface area contributed by atoms with Crippen LogP contribution in [0.1, 0.15) is 42.4 Å². The standard InChI is InChI=1S/C50H40O6/c1-27-28(2)46(52)43-40(39-36(30-13-5-3-6-14-30)21-12-22-37(39)31-15-7-4-8-16-31)44-42(47(53)49(55)50(56)48(44)54)38(41(43)45(27)51)33-25-23-32(24-26-33)35-20-11-18-29-17-9-10-19-34(29)35/h3,5-6,9-15,17-26,51-56H,4,7-8,16H2,1-2H3. The molecule has 0 unspecified atom stereocenters. The minimum atomic E-state index is -0.895. The number of hydrogen-bond acceptors (Lipinski definition) is 6. The van der Waals surface area contributed by atoms with Crippen LogP contribution in [0, 0.1) is 13.8 Å². The van der Waals surface area contributed by atoms with E-state index in [0.29, 0.717) is 27.8 Å². The van der Waals surface area contributed by atoms with E-state index >= 15 is 0 Å². The van der Waals surface area contributed by atoms with E-state index in [1.807, 2.05) is 91.0 Å². The molecule has 56 heavy (non-hydrogen) atoms. The van der Waals surface area contributed by atoms with Crippen LogP contribution in [0.4, 0.5) is 0 Å². The van der Waals surface area contributed by atoms with E-state index in [9.17, 15) is 30.6 Å². The minimum absolute atomic E-state index is 0.0163. The van der Waals surface area contributed by atoms with Crippen LogP contribution >= 0.6 is 0 Å². The summed E-state index contributed by atoms with van der Waals surface area (Å²) in [7, 11) is 0. The Hall–Kier alpha value is -6.92. The molecule has 0 amide bonds. The van der Waals surface area contributed by atoms with Gasteiger partial charge in [0.25, 0.3) is 0 Å². The summed E-state index contributed by atoms with van der Waals surface area (Å²) in [6, 6.07) is 37.7. The third-order valence-corrected chi connectivity index (χ3v) is 11.7. The molecular weight excluding hydrogens is 697 g/mol. The van der Waals surface area contributed by atoms with Crippen LogP contribution in [-0.4, -0.2) is 30.6 Å². The van der Waals surface area contributed by atoms with Crippen LogP contribution in [0.15, 0.2) is 121 Å². The smallest absolute Gasteiger partial charge is 0.204 e. The molecule has 0 bridgehead atoms. The van der Waals surface area contributed by atoms with Crippen molar-refractivity contribution in [1.82, 2.24) is 0 Å². The molecule has 1 aliphatic rings. The number of aromatic hydroxyl groups is 6. The van der Waals surface area contributed by atoms with Gasteiger partial charge in [-0.3, -0.25) is 0 Å². The normalized spacial score (nSPS) is 13.1. The van der Waals surface area contributed by atoms with Gasteiger partial charge in [0.05, 0.1) is 0 Å². The molecule has 0 aromatic heterocycles. The lowest BCUT2D eigenvalue weighted by atomic mass is 9.78. The van der Waals surface area contributed by atoms with Crippen molar-refractivity contribution in [1.29, 1.82) is 0 Å². The van der Waals surface area contributed by atoms with Crippen LogP contribution in [0.2, 0.25) is 0 Å². The summed E-state index contributed by atoms with van der Waals surface area (Å²) < 4.78 is 0. The van der Waals surface area contributed by atoms with Crippen molar-refractivity contribution in [3.05, 3.63) is 138 Å². The predicted molar refractivity (Wildman–Crippen MR) is 227 cm³/mol. The van der Waals surface area contributed by atoms with Crippen molar-refractivity contribution in [2.24, 2.45) is 0 Å². The number of rotatable bonds is 5. The van der Waals surface area contributed by atoms with Crippen molar-refractivity contribution in [3.8, 4) is 79.0 Å². The summed E-state index contributed by atoms with van der Waals surface area (Å²) in [6.07, 6.45) is 5.97. The number of hydrogen-bond donors (Lipinski definition) is 6. The highest BCUT2D eigenvalue weighted by Gasteiger charge is 2.33. The van der Waals surface area contributed by atoms with Gasteiger partial charge in [0, 0.05) is 32.7 Å². The van der Waals surface area contributed by atoms with E-state index in [4.69, 9.17) is 0 Å². The second-order valence-electron chi connectivity index (χ2n) is 14.8. The fourth-order valence-electron chi connectivity index (χ4n) is 8.75. The van der Waals surface area contributed by atoms with Crippen LogP contribution in [-0.2, 0) is 0 Å². The van der Waals surface area contributed by atoms with E-state index in [1.165, 1.54) is 0 Å². The molecular formula is C50H40O6. The molecule has 6 nitrogen and oxygen atoms in total. The Kier molecular flexibility index (Phi) is 8.35. The van der Waals surface area contributed by atoms with Crippen LogP contribution in [0.25, 0.3) is 82.4 Å². The first-order chi connectivity index (χ1) is 27.2. The number of phenolic OH excluding ortho intramolecular Hbond substituents is 6. The molecule has 0 saturated carbocycles. The molecule has 276 valence electrons. The Bertz CT molecular complexity index is 2840. The Morgan fingerprint density at radius 3 is 1.59 bits per heavy atom. The van der Waals surface area contributed by atoms with Gasteiger partial charge in [-0.15, -0.1) is 0 Å². The van der Waals surface area contributed by atoms with E-state index in [2.05, 4.69) is 30.3 Å². The summed E-state index contributed by atoms with van der Waals surface area (Å²) in [5, 5.41) is 74.0. The van der Waals surface area contributed by atoms with E-state index in [-0.39, 0.29) is 38.6 Å². The largest absolute Gasteiger partial charge is 0.507 e. The highest BCUT2D eigenvalue weighted by Crippen LogP contribution is 2.61. The topological polar surface area (TPSA) is 121 Å². The molecule has 0 saturated heterocycles. The summed E-state index contributed by atoms with van der Waals surface area (Å²) in [5.41, 5.74) is 8.23. The van der Waals surface area contributed by atoms with Gasteiger partial charge in [-0.1, -0.05) is 121 Å². The monoisotopic (exact) mass is 736 g/mol. The van der Waals surface area contributed by atoms with Crippen molar-refractivity contribution in [2.75, 3.05) is 0 Å². The summed E-state index contributed by atoms with van der Waals surface area (Å²) >= 11 is 0. The molecule has 8 aromatic rings. The second kappa shape index (κ2) is 13.4. The average Bonchev–Trinajstić information content (AvgIpc) is 3.25. The lowest BCUT2D eigenvalue weighted by molar-refractivity contribution is 0.351. The van der Waals surface area contributed by atoms with Crippen LogP contribution in [0.5, 0.6) is 34.5 Å². The molecule has 0 spiro atoms. The molecule has 0 aliphatic heterocycles. The van der Waals surface area contributed by atoms with Crippen LogP contribution in [0.3, 0.4) is 0 Å². The Morgan fingerprint density at radius 1 is 0.393 bits per heavy atom. The molecule has 9 rings (SSSR count). The summed E-state index contributed by atoms with van der Waals surface area (Å²) in [4.78, 5) is 0. The Morgan fingerprint density at radius 2 is 0.911 bits per heavy atom. The van der Waals surface area contributed by atoms with Crippen molar-refractivity contribution < 1.29 is 30.6 Å². The Balaban J connectivity index is 1.48. The van der Waals surface area contributed by atoms with Crippen molar-refractivity contribution in [2.45, 2.75) is 39.5 Å². The fraction of sp³-hybridized carbons (Fsp3) is 0.120. The van der Waals surface area contributed by atoms with Gasteiger partial charge in [0.15, 0.2) is 11.5 Å². The number of phenols is 6. The van der Waals surface area contributed by atoms with E-state index < -0.39 is 23.0 Å². The minimum Gasteiger partial charge on any atom is -0.507 e. The second-order valence-corrected chi connectivity index (χ2v) is 14.8. The van der Waals surface area contributed by atoms with Crippen molar-refractivity contribution >= 4 is 37.9 Å². The molecule has 0 fully saturated rings. The third-order valence-electron chi connectivity index (χ3n) is 11.7. The number of fused-ring (bicyclic) bond motifs is 3. The molecule has 8 aromatic carbocycles. The van der Waals surface area contributed by atoms with Gasteiger partial charge in [-0.25, -0.2) is 0 Å². The fourth-order valence-corrected chi connectivity index (χ4v) is 8.75. The third kappa shape index (κ3) is 5.24. The first-order valence-corrected chi connectivity index (χ1v) is 18.9. The highest BCUT2D eigenvalue weighted by atomic mass is 16.3. The molecule has 0 atom stereocenters. The zero-order chi connectivity index (χ0) is 38.8. The maximum absolute atomic E-state index is 12.4.